The van der Waals surface area contributed by atoms with Crippen LogP contribution in [0, 0.1) is 0 Å². The predicted octanol–water partition coefficient (Wildman–Crippen LogP) is 2.35. The fourth-order valence-corrected chi connectivity index (χ4v) is 2.04. The number of rotatable bonds is 6. The topological polar surface area (TPSA) is 42.0 Å². The summed E-state index contributed by atoms with van der Waals surface area (Å²) in [5, 5.41) is 2.71. The van der Waals surface area contributed by atoms with Gasteiger partial charge in [0, 0.05) is 24.4 Å². The molecule has 0 bridgehead atoms. The zero-order chi connectivity index (χ0) is 12.6. The Morgan fingerprint density at radius 3 is 2.56 bits per heavy atom. The number of hydrogen-bond donors (Lipinski definition) is 1. The Balaban J connectivity index is 2.21. The van der Waals surface area contributed by atoms with Crippen LogP contribution in [-0.4, -0.2) is 17.9 Å². The Kier molecular flexibility index (Phi) is 4.47. The second kappa shape index (κ2) is 6.55. The third-order valence-electron chi connectivity index (χ3n) is 2.91. The minimum absolute atomic E-state index is 0.222. The predicted molar refractivity (Wildman–Crippen MR) is 71.2 cm³/mol. The number of aromatic nitrogens is 1. The van der Waals surface area contributed by atoms with Crippen LogP contribution in [0.1, 0.15) is 23.6 Å². The first-order valence-corrected chi connectivity index (χ1v) is 6.04. The molecule has 0 saturated carbocycles. The minimum Gasteiger partial charge on any atom is -0.359 e. The van der Waals surface area contributed by atoms with Crippen LogP contribution in [0.5, 0.6) is 0 Å². The number of nitrogens with one attached hydrogen (secondary N) is 1. The molecule has 1 heterocycles. The lowest BCUT2D eigenvalue weighted by Gasteiger charge is -2.16. The quantitative estimate of drug-likeness (QED) is 0.622. The maximum atomic E-state index is 10.3. The number of nitrogens with zero attached hydrogens (tertiary/aromatic N) is 1. The fraction of sp³-hybridized carbons (Fsp3) is 0.200. The summed E-state index contributed by atoms with van der Waals surface area (Å²) in [6.45, 7) is 0.652. The van der Waals surface area contributed by atoms with Crippen LogP contribution < -0.4 is 5.32 Å². The summed E-state index contributed by atoms with van der Waals surface area (Å²) < 4.78 is 0. The molecule has 92 valence electrons. The van der Waals surface area contributed by atoms with Gasteiger partial charge in [-0.15, -0.1) is 0 Å². The van der Waals surface area contributed by atoms with Crippen molar-refractivity contribution in [2.45, 2.75) is 12.3 Å². The van der Waals surface area contributed by atoms with E-state index in [0.29, 0.717) is 6.54 Å². The van der Waals surface area contributed by atoms with Crippen molar-refractivity contribution >= 4 is 6.41 Å². The number of hydrogen-bond acceptors (Lipinski definition) is 2. The molecule has 3 nitrogen and oxygen atoms in total. The molecule has 0 radical (unpaired) electrons. The molecule has 0 spiro atoms. The lowest BCUT2D eigenvalue weighted by Crippen LogP contribution is -2.16. The molecular formula is C15H16N2O. The zero-order valence-electron chi connectivity index (χ0n) is 10.1. The number of carbonyl (C=O) groups is 1. The van der Waals surface area contributed by atoms with Gasteiger partial charge in [0.15, 0.2) is 0 Å². The van der Waals surface area contributed by atoms with E-state index < -0.39 is 0 Å². The average Bonchev–Trinajstić information content (AvgIpc) is 2.46. The van der Waals surface area contributed by atoms with Crippen molar-refractivity contribution < 1.29 is 4.79 Å². The maximum absolute atomic E-state index is 10.3. The van der Waals surface area contributed by atoms with Crippen molar-refractivity contribution in [3.05, 3.63) is 66.0 Å². The Bertz CT molecular complexity index is 431. The van der Waals surface area contributed by atoms with Gasteiger partial charge in [-0.05, 0) is 24.1 Å². The Labute approximate surface area is 107 Å². The third kappa shape index (κ3) is 3.17. The SMILES string of the molecule is O=CNCCC(c1ccccc1)c1ccccn1. The monoisotopic (exact) mass is 240 g/mol. The smallest absolute Gasteiger partial charge is 0.207 e. The molecule has 1 atom stereocenters. The van der Waals surface area contributed by atoms with Crippen molar-refractivity contribution in [2.75, 3.05) is 6.54 Å². The molecule has 2 aromatic rings. The second-order valence-electron chi connectivity index (χ2n) is 4.08. The lowest BCUT2D eigenvalue weighted by molar-refractivity contribution is -0.109. The molecule has 0 fully saturated rings. The summed E-state index contributed by atoms with van der Waals surface area (Å²) in [6, 6.07) is 16.2. The maximum Gasteiger partial charge on any atom is 0.207 e. The van der Waals surface area contributed by atoms with Gasteiger partial charge in [0.2, 0.25) is 6.41 Å². The first kappa shape index (κ1) is 12.3. The van der Waals surface area contributed by atoms with E-state index in [0.717, 1.165) is 18.5 Å². The lowest BCUT2D eigenvalue weighted by atomic mass is 9.92. The van der Waals surface area contributed by atoms with Crippen LogP contribution in [0.2, 0.25) is 0 Å². The van der Waals surface area contributed by atoms with Gasteiger partial charge >= 0.3 is 0 Å². The average molecular weight is 240 g/mol. The molecule has 1 unspecified atom stereocenters. The van der Waals surface area contributed by atoms with Crippen molar-refractivity contribution in [3.63, 3.8) is 0 Å². The Morgan fingerprint density at radius 1 is 1.11 bits per heavy atom. The van der Waals surface area contributed by atoms with E-state index in [-0.39, 0.29) is 5.92 Å². The standard InChI is InChI=1S/C15H16N2O/c18-12-16-11-9-14(13-6-2-1-3-7-13)15-8-4-5-10-17-15/h1-8,10,12,14H,9,11H2,(H,16,18). The first-order valence-electron chi connectivity index (χ1n) is 6.04. The third-order valence-corrected chi connectivity index (χ3v) is 2.91. The van der Waals surface area contributed by atoms with Crippen LogP contribution >= 0.6 is 0 Å². The highest BCUT2D eigenvalue weighted by molar-refractivity contribution is 5.45. The summed E-state index contributed by atoms with van der Waals surface area (Å²) in [6.07, 6.45) is 3.39. The van der Waals surface area contributed by atoms with Crippen molar-refractivity contribution in [2.24, 2.45) is 0 Å². The Hall–Kier alpha value is -2.16. The van der Waals surface area contributed by atoms with Gasteiger partial charge in [0.1, 0.15) is 0 Å². The van der Waals surface area contributed by atoms with Gasteiger partial charge in [-0.1, -0.05) is 36.4 Å². The summed E-state index contributed by atoms with van der Waals surface area (Å²) >= 11 is 0. The zero-order valence-corrected chi connectivity index (χ0v) is 10.1. The molecule has 0 saturated heterocycles. The van der Waals surface area contributed by atoms with Gasteiger partial charge in [-0.2, -0.15) is 0 Å². The van der Waals surface area contributed by atoms with E-state index >= 15 is 0 Å². The van der Waals surface area contributed by atoms with E-state index in [1.807, 2.05) is 36.4 Å². The van der Waals surface area contributed by atoms with E-state index in [2.05, 4.69) is 22.4 Å². The van der Waals surface area contributed by atoms with Crippen LogP contribution in [0.3, 0.4) is 0 Å². The summed E-state index contributed by atoms with van der Waals surface area (Å²) in [7, 11) is 0. The molecule has 18 heavy (non-hydrogen) atoms. The van der Waals surface area contributed by atoms with Gasteiger partial charge in [-0.3, -0.25) is 9.78 Å². The molecule has 3 heteroatoms. The van der Waals surface area contributed by atoms with E-state index in [1.165, 1.54) is 5.56 Å². The van der Waals surface area contributed by atoms with E-state index in [9.17, 15) is 4.79 Å². The van der Waals surface area contributed by atoms with Gasteiger partial charge in [0.25, 0.3) is 0 Å². The highest BCUT2D eigenvalue weighted by Crippen LogP contribution is 2.25. The highest BCUT2D eigenvalue weighted by Gasteiger charge is 2.14. The largest absolute Gasteiger partial charge is 0.359 e. The van der Waals surface area contributed by atoms with E-state index in [1.54, 1.807) is 6.20 Å². The molecule has 0 aliphatic rings. The van der Waals surface area contributed by atoms with Crippen molar-refractivity contribution in [1.82, 2.24) is 10.3 Å². The van der Waals surface area contributed by atoms with Crippen molar-refractivity contribution in [1.29, 1.82) is 0 Å². The minimum atomic E-state index is 0.222. The molecule has 2 rings (SSSR count). The number of pyridine rings is 1. The second-order valence-corrected chi connectivity index (χ2v) is 4.08. The first-order chi connectivity index (χ1) is 8.92. The van der Waals surface area contributed by atoms with Crippen LogP contribution in [0.15, 0.2) is 54.7 Å². The molecule has 0 aliphatic carbocycles. The van der Waals surface area contributed by atoms with E-state index in [4.69, 9.17) is 0 Å². The van der Waals surface area contributed by atoms with Crippen molar-refractivity contribution in [3.8, 4) is 0 Å². The van der Waals surface area contributed by atoms with Gasteiger partial charge < -0.3 is 5.32 Å². The highest BCUT2D eigenvalue weighted by atomic mass is 16.1. The molecule has 1 aromatic carbocycles. The number of amides is 1. The summed E-state index contributed by atoms with van der Waals surface area (Å²) in [5.41, 5.74) is 2.26. The summed E-state index contributed by atoms with van der Waals surface area (Å²) in [4.78, 5) is 14.8. The number of carbonyl (C=O) groups excluding carboxylic acids is 1. The molecule has 1 amide bonds. The molecule has 0 aliphatic heterocycles. The normalized spacial score (nSPS) is 11.8. The number of benzene rings is 1. The Morgan fingerprint density at radius 2 is 1.89 bits per heavy atom. The van der Waals surface area contributed by atoms with Gasteiger partial charge in [-0.25, -0.2) is 0 Å². The summed E-state index contributed by atoms with van der Waals surface area (Å²) in [5.74, 6) is 0.222. The van der Waals surface area contributed by atoms with Crippen LogP contribution in [-0.2, 0) is 4.79 Å². The van der Waals surface area contributed by atoms with Crippen LogP contribution in [0.4, 0.5) is 0 Å². The van der Waals surface area contributed by atoms with Crippen LogP contribution in [0.25, 0.3) is 0 Å². The molecule has 1 aromatic heterocycles. The molecular weight excluding hydrogens is 224 g/mol. The van der Waals surface area contributed by atoms with Gasteiger partial charge in [0.05, 0.1) is 0 Å². The fourth-order valence-electron chi connectivity index (χ4n) is 2.04. The molecule has 1 N–H and O–H groups in total.